The molecule has 0 fully saturated rings. The second-order valence-corrected chi connectivity index (χ2v) is 6.25. The summed E-state index contributed by atoms with van der Waals surface area (Å²) in [5.74, 6) is 0.479. The largest absolute Gasteiger partial charge is 0.332 e. The lowest BCUT2D eigenvalue weighted by Gasteiger charge is -2.15. The summed E-state index contributed by atoms with van der Waals surface area (Å²) in [4.78, 5) is 27.5. The minimum absolute atomic E-state index is 0.296. The van der Waals surface area contributed by atoms with E-state index in [1.807, 2.05) is 4.57 Å². The first-order valence-corrected chi connectivity index (χ1v) is 8.21. The molecule has 1 N–H and O–H groups in total. The van der Waals surface area contributed by atoms with E-state index in [4.69, 9.17) is 12.2 Å². The molecule has 6 nitrogen and oxygen atoms in total. The van der Waals surface area contributed by atoms with Crippen LogP contribution in [0.25, 0.3) is 11.2 Å². The van der Waals surface area contributed by atoms with Crippen LogP contribution in [0.3, 0.4) is 0 Å². The second kappa shape index (κ2) is 6.64. The number of aryl methyl sites for hydroxylation is 1. The highest BCUT2D eigenvalue weighted by Crippen LogP contribution is 2.18. The molecule has 0 aliphatic heterocycles. The number of aromatic nitrogens is 4. The number of hydrogen-bond donors (Lipinski definition) is 1. The lowest BCUT2D eigenvalue weighted by atomic mass is 9.99. The van der Waals surface area contributed by atoms with E-state index in [1.165, 1.54) is 18.0 Å². The molecule has 1 atom stereocenters. The van der Waals surface area contributed by atoms with E-state index >= 15 is 0 Å². The van der Waals surface area contributed by atoms with Gasteiger partial charge < -0.3 is 9.55 Å². The normalized spacial score (nSPS) is 12.9. The quantitative estimate of drug-likeness (QED) is 0.829. The summed E-state index contributed by atoms with van der Waals surface area (Å²) in [6.07, 6.45) is 4.49. The van der Waals surface area contributed by atoms with Crippen molar-refractivity contribution in [3.63, 3.8) is 0 Å². The van der Waals surface area contributed by atoms with Gasteiger partial charge in [0.2, 0.25) is 0 Å². The van der Waals surface area contributed by atoms with Crippen LogP contribution in [-0.4, -0.2) is 18.7 Å². The van der Waals surface area contributed by atoms with Crippen molar-refractivity contribution in [2.24, 2.45) is 20.0 Å². The molecule has 0 unspecified atom stereocenters. The Labute approximate surface area is 134 Å². The maximum absolute atomic E-state index is 12.5. The Morgan fingerprint density at radius 3 is 2.45 bits per heavy atom. The Balaban J connectivity index is 2.60. The van der Waals surface area contributed by atoms with Crippen molar-refractivity contribution < 1.29 is 0 Å². The zero-order valence-corrected chi connectivity index (χ0v) is 14.5. The summed E-state index contributed by atoms with van der Waals surface area (Å²) in [7, 11) is 3.15. The molecule has 2 heterocycles. The van der Waals surface area contributed by atoms with E-state index in [-0.39, 0.29) is 11.2 Å². The fraction of sp³-hybridized carbons (Fsp3) is 0.667. The average Bonchev–Trinajstić information content (AvgIpc) is 2.84. The molecule has 2 aromatic rings. The summed E-state index contributed by atoms with van der Waals surface area (Å²) in [5.41, 5.74) is 0.350. The van der Waals surface area contributed by atoms with E-state index < -0.39 is 0 Å². The summed E-state index contributed by atoms with van der Waals surface area (Å²) in [5, 5.41) is 0. The van der Waals surface area contributed by atoms with Crippen LogP contribution >= 0.6 is 12.2 Å². The Morgan fingerprint density at radius 1 is 1.18 bits per heavy atom. The molecule has 2 aromatic heterocycles. The van der Waals surface area contributed by atoms with Crippen molar-refractivity contribution >= 4 is 23.4 Å². The van der Waals surface area contributed by atoms with Gasteiger partial charge in [-0.25, -0.2) is 4.79 Å². The van der Waals surface area contributed by atoms with Gasteiger partial charge in [-0.2, -0.15) is 0 Å². The van der Waals surface area contributed by atoms with Crippen molar-refractivity contribution in [1.29, 1.82) is 0 Å². The van der Waals surface area contributed by atoms with Crippen molar-refractivity contribution in [1.82, 2.24) is 18.7 Å². The Morgan fingerprint density at radius 2 is 1.86 bits per heavy atom. The molecule has 0 saturated carbocycles. The summed E-state index contributed by atoms with van der Waals surface area (Å²) in [6.45, 7) is 5.05. The number of H-pyrrole nitrogens is 1. The highest BCUT2D eigenvalue weighted by atomic mass is 32.1. The lowest BCUT2D eigenvalue weighted by molar-refractivity contribution is 0.393. The SMILES string of the molecule is CCCC[C@H](CC)Cn1c(=S)[nH]c2c1c(=O)n(C)c(=O)n2C. The van der Waals surface area contributed by atoms with Gasteiger partial charge in [-0.1, -0.05) is 33.1 Å². The molecule has 0 amide bonds. The molecule has 122 valence electrons. The van der Waals surface area contributed by atoms with Crippen LogP contribution in [0.1, 0.15) is 39.5 Å². The van der Waals surface area contributed by atoms with Gasteiger partial charge in [-0.05, 0) is 24.6 Å². The first kappa shape index (κ1) is 16.7. The predicted octanol–water partition coefficient (Wildman–Crippen LogP) is 2.31. The molecule has 0 aliphatic rings. The van der Waals surface area contributed by atoms with E-state index in [2.05, 4.69) is 18.8 Å². The summed E-state index contributed by atoms with van der Waals surface area (Å²) in [6, 6.07) is 0. The number of nitrogens with zero attached hydrogens (tertiary/aromatic N) is 3. The van der Waals surface area contributed by atoms with Crippen LogP contribution in [0.15, 0.2) is 9.59 Å². The van der Waals surface area contributed by atoms with Crippen molar-refractivity contribution in [2.45, 2.75) is 46.1 Å². The van der Waals surface area contributed by atoms with Gasteiger partial charge in [0, 0.05) is 20.6 Å². The smallest absolute Gasteiger partial charge is 0.316 e. The van der Waals surface area contributed by atoms with Crippen molar-refractivity contribution in [3.05, 3.63) is 25.6 Å². The van der Waals surface area contributed by atoms with Crippen LogP contribution in [0.5, 0.6) is 0 Å². The van der Waals surface area contributed by atoms with Crippen LogP contribution in [0, 0.1) is 10.7 Å². The standard InChI is InChI=1S/C15H24N4O2S/c1-5-7-8-10(6-2)9-19-11-12(16-14(19)22)17(3)15(21)18(4)13(11)20/h10H,5-9H2,1-4H3,(H,16,22)/t10-/m0/s1. The number of aromatic amines is 1. The maximum atomic E-state index is 12.5. The molecule has 2 rings (SSSR count). The third-order valence-corrected chi connectivity index (χ3v) is 4.69. The first-order chi connectivity index (χ1) is 10.4. The zero-order chi connectivity index (χ0) is 16.4. The monoisotopic (exact) mass is 324 g/mol. The minimum Gasteiger partial charge on any atom is -0.316 e. The fourth-order valence-electron chi connectivity index (χ4n) is 2.83. The Kier molecular flexibility index (Phi) is 5.05. The van der Waals surface area contributed by atoms with Crippen LogP contribution in [-0.2, 0) is 20.6 Å². The number of imidazole rings is 1. The third kappa shape index (κ3) is 2.82. The highest BCUT2D eigenvalue weighted by Gasteiger charge is 2.17. The fourth-order valence-corrected chi connectivity index (χ4v) is 3.10. The van der Waals surface area contributed by atoms with Gasteiger partial charge in [-0.3, -0.25) is 13.9 Å². The molecule has 0 aromatic carbocycles. The lowest BCUT2D eigenvalue weighted by Crippen LogP contribution is -2.37. The van der Waals surface area contributed by atoms with Gasteiger partial charge in [0.15, 0.2) is 10.3 Å². The summed E-state index contributed by atoms with van der Waals surface area (Å²) < 4.78 is 4.93. The number of unbranched alkanes of at least 4 members (excludes halogenated alkanes) is 1. The molecule has 0 aliphatic carbocycles. The Bertz CT molecular complexity index is 840. The third-order valence-electron chi connectivity index (χ3n) is 4.37. The van der Waals surface area contributed by atoms with E-state index in [0.717, 1.165) is 23.8 Å². The molecule has 0 bridgehead atoms. The van der Waals surface area contributed by atoms with E-state index in [0.29, 0.717) is 28.4 Å². The maximum Gasteiger partial charge on any atom is 0.332 e. The van der Waals surface area contributed by atoms with Gasteiger partial charge in [0.05, 0.1) is 0 Å². The van der Waals surface area contributed by atoms with Gasteiger partial charge >= 0.3 is 5.69 Å². The van der Waals surface area contributed by atoms with E-state index in [1.54, 1.807) is 7.05 Å². The second-order valence-electron chi connectivity index (χ2n) is 5.86. The minimum atomic E-state index is -0.348. The first-order valence-electron chi connectivity index (χ1n) is 7.80. The number of hydrogen-bond acceptors (Lipinski definition) is 3. The van der Waals surface area contributed by atoms with Gasteiger partial charge in [-0.15, -0.1) is 0 Å². The van der Waals surface area contributed by atoms with Crippen LogP contribution in [0.4, 0.5) is 0 Å². The molecular weight excluding hydrogens is 300 g/mol. The molecule has 0 saturated heterocycles. The van der Waals surface area contributed by atoms with Crippen LogP contribution in [0.2, 0.25) is 0 Å². The van der Waals surface area contributed by atoms with Crippen LogP contribution < -0.4 is 11.2 Å². The molecule has 0 radical (unpaired) electrons. The van der Waals surface area contributed by atoms with Gasteiger partial charge in [0.1, 0.15) is 5.65 Å². The number of nitrogens with one attached hydrogen (secondary N) is 1. The van der Waals surface area contributed by atoms with E-state index in [9.17, 15) is 9.59 Å². The van der Waals surface area contributed by atoms with Crippen molar-refractivity contribution in [3.8, 4) is 0 Å². The van der Waals surface area contributed by atoms with Gasteiger partial charge in [0.25, 0.3) is 5.56 Å². The highest BCUT2D eigenvalue weighted by molar-refractivity contribution is 7.71. The van der Waals surface area contributed by atoms with Crippen molar-refractivity contribution in [2.75, 3.05) is 0 Å². The molecule has 22 heavy (non-hydrogen) atoms. The molecule has 7 heteroatoms. The molecular formula is C15H24N4O2S. The zero-order valence-electron chi connectivity index (χ0n) is 13.7. The number of fused-ring (bicyclic) bond motifs is 1. The average molecular weight is 324 g/mol. The summed E-state index contributed by atoms with van der Waals surface area (Å²) >= 11 is 5.38. The molecule has 0 spiro atoms. The number of rotatable bonds is 6. The topological polar surface area (TPSA) is 64.7 Å². The predicted molar refractivity (Wildman–Crippen MR) is 90.9 cm³/mol. The Hall–Kier alpha value is -1.63.